The molecule has 0 atom stereocenters. The Morgan fingerprint density at radius 2 is 1.63 bits per heavy atom. The fourth-order valence-electron chi connectivity index (χ4n) is 2.70. The summed E-state index contributed by atoms with van der Waals surface area (Å²) < 4.78 is 5.60. The molecule has 1 N–H and O–H groups in total. The van der Waals surface area contributed by atoms with Crippen LogP contribution in [-0.2, 0) is 5.88 Å². The van der Waals surface area contributed by atoms with Gasteiger partial charge in [0.2, 0.25) is 0 Å². The second kappa shape index (κ2) is 9.06. The van der Waals surface area contributed by atoms with Crippen LogP contribution in [0.3, 0.4) is 0 Å². The summed E-state index contributed by atoms with van der Waals surface area (Å²) in [6.45, 7) is 1.92. The average molecular weight is 378 g/mol. The van der Waals surface area contributed by atoms with Crippen molar-refractivity contribution in [3.63, 3.8) is 0 Å². The third-order valence-corrected chi connectivity index (χ3v) is 4.43. The molecule has 0 aliphatic heterocycles. The number of ether oxygens (including phenoxy) is 1. The van der Waals surface area contributed by atoms with Gasteiger partial charge in [0.1, 0.15) is 5.75 Å². The molecule has 4 heteroatoms. The molecule has 0 radical (unpaired) electrons. The average Bonchev–Trinajstić information content (AvgIpc) is 2.70. The van der Waals surface area contributed by atoms with Gasteiger partial charge in [0.25, 0.3) is 0 Å². The number of nitrogens with one attached hydrogen (secondary N) is 1. The highest BCUT2D eigenvalue weighted by molar-refractivity contribution is 6.17. The van der Waals surface area contributed by atoms with E-state index in [1.54, 1.807) is 12.1 Å². The summed E-state index contributed by atoms with van der Waals surface area (Å²) in [5, 5.41) is 2.72. The maximum absolute atomic E-state index is 12.3. The Morgan fingerprint density at radius 1 is 0.963 bits per heavy atom. The minimum Gasteiger partial charge on any atom is -0.409 e. The Balaban J connectivity index is 1.83. The Bertz CT molecular complexity index is 937. The predicted octanol–water partition coefficient (Wildman–Crippen LogP) is 6.52. The minimum atomic E-state index is -0.542. The normalized spacial score (nSPS) is 10.7. The van der Waals surface area contributed by atoms with Crippen molar-refractivity contribution < 1.29 is 9.53 Å². The monoisotopic (exact) mass is 377 g/mol. The van der Waals surface area contributed by atoms with Crippen LogP contribution in [0.25, 0.3) is 12.2 Å². The zero-order valence-electron chi connectivity index (χ0n) is 15.0. The summed E-state index contributed by atoms with van der Waals surface area (Å²) in [7, 11) is 0. The molecule has 27 heavy (non-hydrogen) atoms. The number of rotatable bonds is 5. The van der Waals surface area contributed by atoms with Crippen molar-refractivity contribution in [2.24, 2.45) is 0 Å². The van der Waals surface area contributed by atoms with Crippen LogP contribution < -0.4 is 10.1 Å². The summed E-state index contributed by atoms with van der Waals surface area (Å²) in [4.78, 5) is 12.3. The molecule has 0 aromatic heterocycles. The first-order valence-electron chi connectivity index (χ1n) is 8.63. The fourth-order valence-corrected chi connectivity index (χ4v) is 2.91. The van der Waals surface area contributed by atoms with Gasteiger partial charge in [-0.05, 0) is 35.7 Å². The molecule has 3 aromatic rings. The van der Waals surface area contributed by atoms with Gasteiger partial charge in [0, 0.05) is 11.3 Å². The SMILES string of the molecule is Cc1c(C=Cc2ccccc2)ccc(CCl)c1OC(=O)Nc1ccccc1. The third kappa shape index (κ3) is 4.99. The van der Waals surface area contributed by atoms with Crippen molar-refractivity contribution in [3.8, 4) is 5.75 Å². The number of anilines is 1. The highest BCUT2D eigenvalue weighted by Gasteiger charge is 2.14. The summed E-state index contributed by atoms with van der Waals surface area (Å²) in [5.74, 6) is 0.755. The van der Waals surface area contributed by atoms with Crippen LogP contribution >= 0.6 is 11.6 Å². The van der Waals surface area contributed by atoms with Crippen LogP contribution in [-0.4, -0.2) is 6.09 Å². The van der Waals surface area contributed by atoms with E-state index in [-0.39, 0.29) is 5.88 Å². The number of benzene rings is 3. The Hall–Kier alpha value is -3.04. The van der Waals surface area contributed by atoms with E-state index < -0.39 is 6.09 Å². The molecule has 0 unspecified atom stereocenters. The van der Waals surface area contributed by atoms with E-state index in [0.29, 0.717) is 11.4 Å². The third-order valence-electron chi connectivity index (χ3n) is 4.14. The van der Waals surface area contributed by atoms with E-state index >= 15 is 0 Å². The van der Waals surface area contributed by atoms with Crippen LogP contribution in [0.2, 0.25) is 0 Å². The Labute approximate surface area is 164 Å². The Morgan fingerprint density at radius 3 is 2.30 bits per heavy atom. The van der Waals surface area contributed by atoms with Gasteiger partial charge < -0.3 is 4.74 Å². The van der Waals surface area contributed by atoms with Gasteiger partial charge in [-0.2, -0.15) is 0 Å². The lowest BCUT2D eigenvalue weighted by Gasteiger charge is -2.14. The first kappa shape index (κ1) is 18.7. The van der Waals surface area contributed by atoms with E-state index in [1.807, 2.05) is 79.7 Å². The number of amides is 1. The molecule has 0 heterocycles. The van der Waals surface area contributed by atoms with E-state index in [0.717, 1.165) is 22.3 Å². The molecule has 3 aromatic carbocycles. The van der Waals surface area contributed by atoms with Crippen molar-refractivity contribution in [3.05, 3.63) is 95.1 Å². The molecule has 1 amide bonds. The van der Waals surface area contributed by atoms with Gasteiger partial charge in [-0.15, -0.1) is 11.6 Å². The lowest BCUT2D eigenvalue weighted by Crippen LogP contribution is -2.18. The number of halogens is 1. The van der Waals surface area contributed by atoms with E-state index in [1.165, 1.54) is 0 Å². The number of hydrogen-bond acceptors (Lipinski definition) is 2. The molecule has 0 aliphatic rings. The van der Waals surface area contributed by atoms with Crippen LogP contribution in [0.1, 0.15) is 22.3 Å². The van der Waals surface area contributed by atoms with Gasteiger partial charge in [-0.3, -0.25) is 5.32 Å². The Kier molecular flexibility index (Phi) is 6.29. The second-order valence-corrected chi connectivity index (χ2v) is 6.29. The lowest BCUT2D eigenvalue weighted by molar-refractivity contribution is 0.214. The molecule has 0 fully saturated rings. The number of para-hydroxylation sites is 1. The standard InChI is InChI=1S/C23H20ClNO2/c1-17-19(13-12-18-8-4-2-5-9-18)14-15-20(16-24)22(17)27-23(26)25-21-10-6-3-7-11-21/h2-15H,16H2,1H3,(H,25,26). The first-order valence-corrected chi connectivity index (χ1v) is 9.16. The fraction of sp³-hybridized carbons (Fsp3) is 0.0870. The van der Waals surface area contributed by atoms with Crippen LogP contribution in [0.15, 0.2) is 72.8 Å². The summed E-state index contributed by atoms with van der Waals surface area (Å²) in [5.41, 5.74) is 4.38. The number of alkyl halides is 1. The largest absolute Gasteiger partial charge is 0.417 e. The van der Waals surface area contributed by atoms with Gasteiger partial charge >= 0.3 is 6.09 Å². The molecule has 0 aliphatic carbocycles. The van der Waals surface area contributed by atoms with Crippen LogP contribution in [0.4, 0.5) is 10.5 Å². The van der Waals surface area contributed by atoms with Crippen molar-refractivity contribution in [2.75, 3.05) is 5.32 Å². The zero-order chi connectivity index (χ0) is 19.1. The number of hydrogen-bond donors (Lipinski definition) is 1. The molecular weight excluding hydrogens is 358 g/mol. The zero-order valence-corrected chi connectivity index (χ0v) is 15.7. The van der Waals surface area contributed by atoms with Crippen LogP contribution in [0, 0.1) is 6.92 Å². The lowest BCUT2D eigenvalue weighted by atomic mass is 10.0. The smallest absolute Gasteiger partial charge is 0.409 e. The van der Waals surface area contributed by atoms with E-state index in [4.69, 9.17) is 16.3 Å². The van der Waals surface area contributed by atoms with Crippen molar-refractivity contribution in [1.29, 1.82) is 0 Å². The van der Waals surface area contributed by atoms with Gasteiger partial charge in [0.15, 0.2) is 0 Å². The van der Waals surface area contributed by atoms with E-state index in [9.17, 15) is 4.79 Å². The number of carbonyl (C=O) groups is 1. The molecular formula is C23H20ClNO2. The number of carbonyl (C=O) groups excluding carboxylic acids is 1. The predicted molar refractivity (Wildman–Crippen MR) is 112 cm³/mol. The summed E-state index contributed by atoms with van der Waals surface area (Å²) in [6.07, 6.45) is 3.49. The maximum Gasteiger partial charge on any atom is 0.417 e. The molecule has 0 bridgehead atoms. The molecule has 0 saturated carbocycles. The second-order valence-electron chi connectivity index (χ2n) is 6.03. The summed E-state index contributed by atoms with van der Waals surface area (Å²) >= 11 is 6.04. The van der Waals surface area contributed by atoms with Crippen molar-refractivity contribution >= 4 is 35.5 Å². The first-order chi connectivity index (χ1) is 13.2. The van der Waals surface area contributed by atoms with E-state index in [2.05, 4.69) is 5.32 Å². The van der Waals surface area contributed by atoms with Crippen LogP contribution in [0.5, 0.6) is 5.75 Å². The van der Waals surface area contributed by atoms with Crippen molar-refractivity contribution in [2.45, 2.75) is 12.8 Å². The quantitative estimate of drug-likeness (QED) is 0.406. The minimum absolute atomic E-state index is 0.261. The molecule has 3 rings (SSSR count). The van der Waals surface area contributed by atoms with Gasteiger partial charge in [-0.25, -0.2) is 4.79 Å². The topological polar surface area (TPSA) is 38.3 Å². The van der Waals surface area contributed by atoms with Gasteiger partial charge in [-0.1, -0.05) is 72.8 Å². The van der Waals surface area contributed by atoms with Gasteiger partial charge in [0.05, 0.1) is 5.88 Å². The summed E-state index contributed by atoms with van der Waals surface area (Å²) in [6, 6.07) is 23.1. The highest BCUT2D eigenvalue weighted by Crippen LogP contribution is 2.30. The molecule has 136 valence electrons. The van der Waals surface area contributed by atoms with Crippen molar-refractivity contribution in [1.82, 2.24) is 0 Å². The molecule has 3 nitrogen and oxygen atoms in total. The molecule has 0 spiro atoms. The highest BCUT2D eigenvalue weighted by atomic mass is 35.5. The molecule has 0 saturated heterocycles. The maximum atomic E-state index is 12.3.